The van der Waals surface area contributed by atoms with Crippen LogP contribution in [0.25, 0.3) is 11.5 Å². The monoisotopic (exact) mass is 463 g/mol. The molecule has 3 aromatic rings. The van der Waals surface area contributed by atoms with Crippen molar-refractivity contribution in [2.45, 2.75) is 45.9 Å². The maximum absolute atomic E-state index is 12.3. The van der Waals surface area contributed by atoms with E-state index in [1.165, 1.54) is 24.3 Å². The van der Waals surface area contributed by atoms with Crippen molar-refractivity contribution in [3.8, 4) is 23.0 Å². The molecule has 1 N–H and O–H groups in total. The van der Waals surface area contributed by atoms with E-state index in [4.69, 9.17) is 14.3 Å². The zero-order valence-electron chi connectivity index (χ0n) is 18.2. The number of hydrogen-bond donors (Lipinski definition) is 1. The van der Waals surface area contributed by atoms with E-state index >= 15 is 0 Å². The topological polar surface area (TPSA) is 81.8 Å². The number of benzene rings is 2. The lowest BCUT2D eigenvalue weighted by molar-refractivity contribution is -0.274. The first-order valence-corrected chi connectivity index (χ1v) is 10.4. The van der Waals surface area contributed by atoms with Crippen LogP contribution < -0.4 is 9.47 Å². The first-order chi connectivity index (χ1) is 15.6. The lowest BCUT2D eigenvalue weighted by Crippen LogP contribution is -2.16. The first kappa shape index (κ1) is 24.2. The third-order valence-corrected chi connectivity index (χ3v) is 4.86. The Morgan fingerprint density at radius 1 is 1.15 bits per heavy atom. The van der Waals surface area contributed by atoms with Gasteiger partial charge in [-0.3, -0.25) is 4.79 Å². The molecule has 33 heavy (non-hydrogen) atoms. The molecule has 3 rings (SSSR count). The highest BCUT2D eigenvalue weighted by atomic mass is 19.4. The summed E-state index contributed by atoms with van der Waals surface area (Å²) in [6.45, 7) is 4.23. The lowest BCUT2D eigenvalue weighted by atomic mass is 10.1. The summed E-state index contributed by atoms with van der Waals surface area (Å²) in [7, 11) is 0. The van der Waals surface area contributed by atoms with E-state index < -0.39 is 12.3 Å². The number of hydrogen-bond acceptors (Lipinski definition) is 5. The van der Waals surface area contributed by atoms with Crippen molar-refractivity contribution in [3.63, 3.8) is 0 Å². The fraction of sp³-hybridized carbons (Fsp3) is 0.333. The number of nitrogens with zero attached hydrogens (tertiary/aromatic N) is 1. The maximum Gasteiger partial charge on any atom is 0.573 e. The maximum atomic E-state index is 12.3. The molecule has 0 unspecified atom stereocenters. The second-order valence-corrected chi connectivity index (χ2v) is 7.44. The quantitative estimate of drug-likeness (QED) is 0.386. The normalized spacial score (nSPS) is 11.4. The Balaban J connectivity index is 1.61. The van der Waals surface area contributed by atoms with E-state index in [1.54, 1.807) is 12.1 Å². The molecule has 0 bridgehead atoms. The summed E-state index contributed by atoms with van der Waals surface area (Å²) in [6.07, 6.45) is -2.95. The van der Waals surface area contributed by atoms with Crippen LogP contribution in [0.4, 0.5) is 13.2 Å². The highest BCUT2D eigenvalue weighted by molar-refractivity contribution is 5.70. The van der Waals surface area contributed by atoms with E-state index in [-0.39, 0.29) is 12.2 Å². The predicted molar refractivity (Wildman–Crippen MR) is 114 cm³/mol. The summed E-state index contributed by atoms with van der Waals surface area (Å²) < 4.78 is 52.5. The molecule has 0 amide bonds. The number of rotatable bonds is 10. The standard InChI is InChI=1S/C24H24F3NO5/c1-3-20-19(5-4-12-31-21-13-16(14-22(29)30)7-6-15(21)2)28-23(32-20)17-8-10-18(11-9-17)33-24(25,26)27/h6-11,13H,3-5,12,14H2,1-2H3,(H,29,30). The number of alkyl halides is 3. The van der Waals surface area contributed by atoms with Crippen LogP contribution in [0.1, 0.15) is 35.9 Å². The number of carboxylic acid groups (broad SMARTS) is 1. The van der Waals surface area contributed by atoms with Gasteiger partial charge in [0.05, 0.1) is 18.7 Å². The van der Waals surface area contributed by atoms with Gasteiger partial charge in [-0.15, -0.1) is 13.2 Å². The van der Waals surface area contributed by atoms with E-state index in [9.17, 15) is 18.0 Å². The first-order valence-electron chi connectivity index (χ1n) is 10.4. The third-order valence-electron chi connectivity index (χ3n) is 4.86. The van der Waals surface area contributed by atoms with Crippen LogP contribution in [0.5, 0.6) is 11.5 Å². The molecular formula is C24H24F3NO5. The van der Waals surface area contributed by atoms with E-state index in [1.807, 2.05) is 19.9 Å². The molecule has 9 heteroatoms. The van der Waals surface area contributed by atoms with Crippen LogP contribution in [-0.2, 0) is 24.1 Å². The van der Waals surface area contributed by atoms with E-state index in [0.29, 0.717) is 54.4 Å². The Morgan fingerprint density at radius 3 is 2.52 bits per heavy atom. The number of halogens is 3. The van der Waals surface area contributed by atoms with Crippen LogP contribution in [0.3, 0.4) is 0 Å². The van der Waals surface area contributed by atoms with Gasteiger partial charge in [0, 0.05) is 12.0 Å². The summed E-state index contributed by atoms with van der Waals surface area (Å²) in [6, 6.07) is 10.7. The molecule has 6 nitrogen and oxygen atoms in total. The van der Waals surface area contributed by atoms with Gasteiger partial charge >= 0.3 is 12.3 Å². The van der Waals surface area contributed by atoms with E-state index in [2.05, 4.69) is 9.72 Å². The Kier molecular flexibility index (Phi) is 7.63. The summed E-state index contributed by atoms with van der Waals surface area (Å²) in [5.41, 5.74) is 2.90. The van der Waals surface area contributed by atoms with Crippen molar-refractivity contribution < 1.29 is 37.0 Å². The van der Waals surface area contributed by atoms with Gasteiger partial charge in [0.25, 0.3) is 0 Å². The van der Waals surface area contributed by atoms with Gasteiger partial charge in [-0.05, 0) is 61.2 Å². The molecular weight excluding hydrogens is 439 g/mol. The fourth-order valence-corrected chi connectivity index (χ4v) is 3.28. The molecule has 0 spiro atoms. The molecule has 0 saturated heterocycles. The molecule has 0 atom stereocenters. The average molecular weight is 463 g/mol. The van der Waals surface area contributed by atoms with E-state index in [0.717, 1.165) is 11.3 Å². The van der Waals surface area contributed by atoms with Crippen LogP contribution in [0.2, 0.25) is 0 Å². The fourth-order valence-electron chi connectivity index (χ4n) is 3.28. The molecule has 0 aliphatic carbocycles. The van der Waals surface area contributed by atoms with Crippen molar-refractivity contribution in [2.24, 2.45) is 0 Å². The molecule has 0 aliphatic rings. The minimum absolute atomic E-state index is 0.0679. The minimum Gasteiger partial charge on any atom is -0.493 e. The Hall–Kier alpha value is -3.49. The second kappa shape index (κ2) is 10.4. The van der Waals surface area contributed by atoms with Crippen LogP contribution >= 0.6 is 0 Å². The molecule has 0 saturated carbocycles. The Bertz CT molecular complexity index is 1090. The van der Waals surface area contributed by atoms with Gasteiger partial charge < -0.3 is 19.0 Å². The van der Waals surface area contributed by atoms with Gasteiger partial charge in [-0.1, -0.05) is 19.1 Å². The number of aromatic nitrogens is 1. The molecule has 1 heterocycles. The van der Waals surface area contributed by atoms with Crippen LogP contribution in [-0.4, -0.2) is 29.0 Å². The molecule has 1 aromatic heterocycles. The number of ether oxygens (including phenoxy) is 2. The largest absolute Gasteiger partial charge is 0.573 e. The number of oxazole rings is 1. The highest BCUT2D eigenvalue weighted by Crippen LogP contribution is 2.28. The van der Waals surface area contributed by atoms with Gasteiger partial charge in [0.1, 0.15) is 17.3 Å². The van der Waals surface area contributed by atoms with Crippen molar-refractivity contribution in [1.82, 2.24) is 4.98 Å². The third kappa shape index (κ3) is 7.00. The molecule has 0 radical (unpaired) electrons. The van der Waals surface area contributed by atoms with Crippen LogP contribution in [0, 0.1) is 6.92 Å². The average Bonchev–Trinajstić information content (AvgIpc) is 3.15. The van der Waals surface area contributed by atoms with Gasteiger partial charge in [0.2, 0.25) is 5.89 Å². The van der Waals surface area contributed by atoms with Crippen molar-refractivity contribution in [3.05, 3.63) is 65.0 Å². The van der Waals surface area contributed by atoms with Gasteiger partial charge in [-0.2, -0.15) is 0 Å². The zero-order valence-corrected chi connectivity index (χ0v) is 18.2. The number of carbonyl (C=O) groups is 1. The van der Waals surface area contributed by atoms with Crippen LogP contribution in [0.15, 0.2) is 46.9 Å². The Labute approximate surface area is 189 Å². The highest BCUT2D eigenvalue weighted by Gasteiger charge is 2.31. The number of carboxylic acids is 1. The number of aliphatic carboxylic acids is 1. The van der Waals surface area contributed by atoms with Crippen molar-refractivity contribution in [2.75, 3.05) is 6.61 Å². The SMILES string of the molecule is CCc1oc(-c2ccc(OC(F)(F)F)cc2)nc1CCCOc1cc(CC(=O)O)ccc1C. The molecule has 0 fully saturated rings. The lowest BCUT2D eigenvalue weighted by Gasteiger charge is -2.10. The summed E-state index contributed by atoms with van der Waals surface area (Å²) in [5.74, 6) is 0.472. The molecule has 2 aromatic carbocycles. The molecule has 176 valence electrons. The minimum atomic E-state index is -4.74. The second-order valence-electron chi connectivity index (χ2n) is 7.44. The van der Waals surface area contributed by atoms with Crippen molar-refractivity contribution >= 4 is 5.97 Å². The van der Waals surface area contributed by atoms with Gasteiger partial charge in [-0.25, -0.2) is 4.98 Å². The predicted octanol–water partition coefficient (Wildman–Crippen LogP) is 5.75. The smallest absolute Gasteiger partial charge is 0.493 e. The zero-order chi connectivity index (χ0) is 24.0. The number of aryl methyl sites for hydroxylation is 3. The molecule has 0 aliphatic heterocycles. The summed E-state index contributed by atoms with van der Waals surface area (Å²) >= 11 is 0. The van der Waals surface area contributed by atoms with Crippen molar-refractivity contribution in [1.29, 1.82) is 0 Å². The van der Waals surface area contributed by atoms with Gasteiger partial charge in [0.15, 0.2) is 0 Å². The summed E-state index contributed by atoms with van der Waals surface area (Å²) in [5, 5.41) is 8.95. The summed E-state index contributed by atoms with van der Waals surface area (Å²) in [4.78, 5) is 15.4. The Morgan fingerprint density at radius 2 is 1.88 bits per heavy atom.